The third kappa shape index (κ3) is 3.18. The summed E-state index contributed by atoms with van der Waals surface area (Å²) in [7, 11) is 0. The van der Waals surface area contributed by atoms with E-state index in [-0.39, 0.29) is 5.91 Å². The Morgan fingerprint density at radius 3 is 2.88 bits per heavy atom. The molecule has 1 saturated heterocycles. The highest BCUT2D eigenvalue weighted by atomic mass is 16.5. The van der Waals surface area contributed by atoms with Crippen molar-refractivity contribution in [3.8, 4) is 0 Å². The Morgan fingerprint density at radius 2 is 2.18 bits per heavy atom. The van der Waals surface area contributed by atoms with Gasteiger partial charge in [-0.25, -0.2) is 0 Å². The van der Waals surface area contributed by atoms with E-state index in [2.05, 4.69) is 5.43 Å². The largest absolute Gasteiger partial charge is 0.378 e. The van der Waals surface area contributed by atoms with E-state index in [1.807, 2.05) is 29.2 Å². The number of nitrogen functional groups attached to an aromatic ring is 1. The summed E-state index contributed by atoms with van der Waals surface area (Å²) in [6.07, 6.45) is 0.412. The van der Waals surface area contributed by atoms with Crippen LogP contribution in [0.2, 0.25) is 0 Å². The number of rotatable bonds is 3. The van der Waals surface area contributed by atoms with E-state index < -0.39 is 0 Å². The lowest BCUT2D eigenvalue weighted by atomic mass is 10.1. The molecule has 0 atom stereocenters. The van der Waals surface area contributed by atoms with E-state index >= 15 is 0 Å². The van der Waals surface area contributed by atoms with Gasteiger partial charge in [0.1, 0.15) is 0 Å². The highest BCUT2D eigenvalue weighted by Gasteiger charge is 2.16. The van der Waals surface area contributed by atoms with Crippen molar-refractivity contribution in [1.82, 2.24) is 4.90 Å². The second-order valence-corrected chi connectivity index (χ2v) is 4.01. The molecule has 0 spiro atoms. The molecule has 0 bridgehead atoms. The molecule has 0 aromatic heterocycles. The lowest BCUT2D eigenvalue weighted by molar-refractivity contribution is -0.134. The van der Waals surface area contributed by atoms with Crippen LogP contribution in [0.4, 0.5) is 5.69 Å². The van der Waals surface area contributed by atoms with Crippen molar-refractivity contribution in [3.63, 3.8) is 0 Å². The minimum atomic E-state index is 0.141. The Morgan fingerprint density at radius 1 is 1.41 bits per heavy atom. The number of morpholine rings is 1. The Bertz CT molecular complexity index is 389. The Hall–Kier alpha value is -1.59. The van der Waals surface area contributed by atoms with Gasteiger partial charge in [-0.3, -0.25) is 10.6 Å². The van der Waals surface area contributed by atoms with Crippen LogP contribution in [0.15, 0.2) is 24.3 Å². The second-order valence-electron chi connectivity index (χ2n) is 4.01. The minimum absolute atomic E-state index is 0.141. The van der Waals surface area contributed by atoms with E-state index in [1.165, 1.54) is 0 Å². The number of hydrogen-bond acceptors (Lipinski definition) is 4. The number of ether oxygens (including phenoxy) is 1. The summed E-state index contributed by atoms with van der Waals surface area (Å²) in [5, 5.41) is 0. The smallest absolute Gasteiger partial charge is 0.227 e. The molecule has 0 aliphatic carbocycles. The van der Waals surface area contributed by atoms with Crippen LogP contribution in [0.5, 0.6) is 0 Å². The first kappa shape index (κ1) is 11.9. The summed E-state index contributed by atoms with van der Waals surface area (Å²) in [5.74, 6) is 5.47. The molecule has 17 heavy (non-hydrogen) atoms. The average molecular weight is 235 g/mol. The number of hydrogen-bond donors (Lipinski definition) is 2. The van der Waals surface area contributed by atoms with Gasteiger partial charge in [-0.05, 0) is 17.7 Å². The number of hydrazine groups is 1. The lowest BCUT2D eigenvalue weighted by Gasteiger charge is -2.26. The molecule has 1 aliphatic heterocycles. The van der Waals surface area contributed by atoms with Gasteiger partial charge in [-0.15, -0.1) is 0 Å². The fourth-order valence-electron chi connectivity index (χ4n) is 1.87. The molecule has 2 rings (SSSR count). The maximum atomic E-state index is 12.0. The third-order valence-corrected chi connectivity index (χ3v) is 2.81. The first-order chi connectivity index (χ1) is 8.29. The zero-order valence-electron chi connectivity index (χ0n) is 9.69. The molecule has 1 fully saturated rings. The van der Waals surface area contributed by atoms with Crippen LogP contribution in [-0.4, -0.2) is 37.1 Å². The summed E-state index contributed by atoms with van der Waals surface area (Å²) >= 11 is 0. The zero-order valence-corrected chi connectivity index (χ0v) is 9.69. The quantitative estimate of drug-likeness (QED) is 0.587. The Kier molecular flexibility index (Phi) is 3.95. The number of amides is 1. The van der Waals surface area contributed by atoms with Crippen molar-refractivity contribution in [2.24, 2.45) is 5.84 Å². The SMILES string of the molecule is NNc1cccc(CC(=O)N2CCOCC2)c1. The van der Waals surface area contributed by atoms with E-state index in [9.17, 15) is 4.79 Å². The van der Waals surface area contributed by atoms with Crippen molar-refractivity contribution >= 4 is 11.6 Å². The number of nitrogens with zero attached hydrogens (tertiary/aromatic N) is 1. The topological polar surface area (TPSA) is 67.6 Å². The van der Waals surface area contributed by atoms with Gasteiger partial charge >= 0.3 is 0 Å². The van der Waals surface area contributed by atoms with Crippen LogP contribution in [0.25, 0.3) is 0 Å². The highest BCUT2D eigenvalue weighted by molar-refractivity contribution is 5.79. The molecule has 1 aliphatic rings. The second kappa shape index (κ2) is 5.65. The molecule has 0 saturated carbocycles. The van der Waals surface area contributed by atoms with Crippen LogP contribution in [0.3, 0.4) is 0 Å². The van der Waals surface area contributed by atoms with Gasteiger partial charge in [-0.1, -0.05) is 12.1 Å². The van der Waals surface area contributed by atoms with Crippen LogP contribution in [0, 0.1) is 0 Å². The van der Waals surface area contributed by atoms with Crippen LogP contribution < -0.4 is 11.3 Å². The van der Waals surface area contributed by atoms with Crippen molar-refractivity contribution in [2.45, 2.75) is 6.42 Å². The number of nitrogens with one attached hydrogen (secondary N) is 1. The lowest BCUT2D eigenvalue weighted by Crippen LogP contribution is -2.41. The fraction of sp³-hybridized carbons (Fsp3) is 0.417. The van der Waals surface area contributed by atoms with Gasteiger partial charge in [0.15, 0.2) is 0 Å². The van der Waals surface area contributed by atoms with Crippen molar-refractivity contribution in [2.75, 3.05) is 31.7 Å². The molecule has 3 N–H and O–H groups in total. The molecule has 1 aromatic rings. The normalized spacial score (nSPS) is 15.7. The standard InChI is InChI=1S/C12H17N3O2/c13-14-11-3-1-2-10(8-11)9-12(16)15-4-6-17-7-5-15/h1-3,8,14H,4-7,9,13H2. The molecule has 92 valence electrons. The number of nitrogens with two attached hydrogens (primary N) is 1. The molecule has 5 heteroatoms. The number of carbonyl (C=O) groups is 1. The third-order valence-electron chi connectivity index (χ3n) is 2.81. The van der Waals surface area contributed by atoms with Crippen LogP contribution >= 0.6 is 0 Å². The molecule has 5 nitrogen and oxygen atoms in total. The molecule has 1 heterocycles. The molecule has 1 aromatic carbocycles. The average Bonchev–Trinajstić information content (AvgIpc) is 2.40. The van der Waals surface area contributed by atoms with E-state index in [0.717, 1.165) is 11.3 Å². The Labute approximate surface area is 101 Å². The van der Waals surface area contributed by atoms with Crippen molar-refractivity contribution in [3.05, 3.63) is 29.8 Å². The van der Waals surface area contributed by atoms with E-state index in [1.54, 1.807) is 0 Å². The Balaban J connectivity index is 1.96. The highest BCUT2D eigenvalue weighted by Crippen LogP contribution is 2.11. The summed E-state index contributed by atoms with van der Waals surface area (Å²) in [4.78, 5) is 13.8. The van der Waals surface area contributed by atoms with Gasteiger partial charge in [-0.2, -0.15) is 0 Å². The van der Waals surface area contributed by atoms with Gasteiger partial charge in [0, 0.05) is 18.8 Å². The number of benzene rings is 1. The zero-order chi connectivity index (χ0) is 12.1. The first-order valence-electron chi connectivity index (χ1n) is 5.70. The maximum Gasteiger partial charge on any atom is 0.227 e. The summed E-state index contributed by atoms with van der Waals surface area (Å²) in [6, 6.07) is 7.57. The van der Waals surface area contributed by atoms with E-state index in [0.29, 0.717) is 32.7 Å². The summed E-state index contributed by atoms with van der Waals surface area (Å²) in [6.45, 7) is 2.65. The number of anilines is 1. The van der Waals surface area contributed by atoms with Crippen LogP contribution in [0.1, 0.15) is 5.56 Å². The van der Waals surface area contributed by atoms with Gasteiger partial charge in [0.2, 0.25) is 5.91 Å². The molecular weight excluding hydrogens is 218 g/mol. The minimum Gasteiger partial charge on any atom is -0.378 e. The maximum absolute atomic E-state index is 12.0. The molecular formula is C12H17N3O2. The molecule has 0 radical (unpaired) electrons. The van der Waals surface area contributed by atoms with E-state index in [4.69, 9.17) is 10.6 Å². The van der Waals surface area contributed by atoms with Crippen molar-refractivity contribution < 1.29 is 9.53 Å². The van der Waals surface area contributed by atoms with Gasteiger partial charge < -0.3 is 15.1 Å². The first-order valence-corrected chi connectivity index (χ1v) is 5.70. The fourth-order valence-corrected chi connectivity index (χ4v) is 1.87. The van der Waals surface area contributed by atoms with Gasteiger partial charge in [0.25, 0.3) is 0 Å². The molecule has 0 unspecified atom stereocenters. The predicted molar refractivity (Wildman–Crippen MR) is 65.4 cm³/mol. The summed E-state index contributed by atoms with van der Waals surface area (Å²) in [5.41, 5.74) is 4.36. The van der Waals surface area contributed by atoms with Gasteiger partial charge in [0.05, 0.1) is 19.6 Å². The van der Waals surface area contributed by atoms with Crippen molar-refractivity contribution in [1.29, 1.82) is 0 Å². The predicted octanol–water partition coefficient (Wildman–Crippen LogP) is 0.374. The number of carbonyl (C=O) groups excluding carboxylic acids is 1. The summed E-state index contributed by atoms with van der Waals surface area (Å²) < 4.78 is 5.22. The molecule has 1 amide bonds. The van der Waals surface area contributed by atoms with Crippen LogP contribution in [-0.2, 0) is 16.0 Å². The monoisotopic (exact) mass is 235 g/mol.